The maximum atomic E-state index is 5.87. The van der Waals surface area contributed by atoms with Gasteiger partial charge in [0.1, 0.15) is 5.84 Å². The summed E-state index contributed by atoms with van der Waals surface area (Å²) < 4.78 is 11.0. The first kappa shape index (κ1) is 24.7. The molecule has 1 aromatic heterocycles. The number of nitrogens with zero attached hydrogens (tertiary/aromatic N) is 4. The first-order valence-corrected chi connectivity index (χ1v) is 11.6. The summed E-state index contributed by atoms with van der Waals surface area (Å²) in [7, 11) is 1.73. The zero-order valence-corrected chi connectivity index (χ0v) is 20.0. The third-order valence-corrected chi connectivity index (χ3v) is 5.98. The predicted octanol–water partition coefficient (Wildman–Crippen LogP) is 3.69. The number of H-pyrrole nitrogens is 1. The second-order valence-electron chi connectivity index (χ2n) is 7.94. The van der Waals surface area contributed by atoms with Crippen LogP contribution in [-0.2, 0) is 9.47 Å². The number of hydrogen-bond acceptors (Lipinski definition) is 7. The first-order valence-electron chi connectivity index (χ1n) is 11.6. The Kier molecular flexibility index (Phi) is 9.65. The molecule has 0 saturated heterocycles. The average Bonchev–Trinajstić information content (AvgIpc) is 3.28. The summed E-state index contributed by atoms with van der Waals surface area (Å²) in [6.45, 7) is 13.1. The molecule has 2 heterocycles. The highest BCUT2D eigenvalue weighted by atomic mass is 16.5. The van der Waals surface area contributed by atoms with Crippen molar-refractivity contribution in [1.82, 2.24) is 20.5 Å². The summed E-state index contributed by atoms with van der Waals surface area (Å²) in [5.41, 5.74) is 5.95. The number of rotatable bonds is 14. The molecule has 2 N–H and O–H groups in total. The second kappa shape index (κ2) is 12.9. The number of amidine groups is 1. The van der Waals surface area contributed by atoms with E-state index < -0.39 is 0 Å². The van der Waals surface area contributed by atoms with Gasteiger partial charge in [-0.2, -0.15) is 10.2 Å². The van der Waals surface area contributed by atoms with Gasteiger partial charge in [0.05, 0.1) is 37.2 Å². The molecule has 1 aliphatic heterocycles. The van der Waals surface area contributed by atoms with Crippen molar-refractivity contribution in [3.05, 3.63) is 54.4 Å². The summed E-state index contributed by atoms with van der Waals surface area (Å²) in [5, 5.41) is 13.0. The number of aliphatic imine (C=N–C) groups is 1. The fourth-order valence-electron chi connectivity index (χ4n) is 3.96. The minimum absolute atomic E-state index is 0.0720. The Morgan fingerprint density at radius 1 is 1.24 bits per heavy atom. The van der Waals surface area contributed by atoms with Crippen molar-refractivity contribution < 1.29 is 9.47 Å². The van der Waals surface area contributed by atoms with Crippen LogP contribution in [0.3, 0.4) is 0 Å². The zero-order chi connectivity index (χ0) is 23.5. The van der Waals surface area contributed by atoms with Crippen LogP contribution in [-0.4, -0.2) is 73.7 Å². The number of aromatic nitrogens is 2. The van der Waals surface area contributed by atoms with E-state index in [9.17, 15) is 0 Å². The van der Waals surface area contributed by atoms with Crippen LogP contribution in [0.4, 0.5) is 0 Å². The Bertz CT molecular complexity index is 980. The summed E-state index contributed by atoms with van der Waals surface area (Å²) in [5.74, 6) is 1.09. The van der Waals surface area contributed by atoms with E-state index >= 15 is 0 Å². The number of likely N-dealkylation sites (N-methyl/N-ethyl adjacent to an activating group) is 1. The number of ether oxygens (including phenoxy) is 2. The molecule has 2 aromatic rings. The van der Waals surface area contributed by atoms with Gasteiger partial charge in [0.25, 0.3) is 0 Å². The molecule has 0 bridgehead atoms. The quantitative estimate of drug-likeness (QED) is 0.259. The normalized spacial score (nSPS) is 15.6. The van der Waals surface area contributed by atoms with E-state index in [2.05, 4.69) is 63.2 Å². The van der Waals surface area contributed by atoms with Crippen LogP contribution in [0.5, 0.6) is 0 Å². The fourth-order valence-corrected chi connectivity index (χ4v) is 3.96. The molecule has 0 amide bonds. The molecule has 178 valence electrons. The van der Waals surface area contributed by atoms with Gasteiger partial charge in [-0.05, 0) is 43.2 Å². The highest BCUT2D eigenvalue weighted by Gasteiger charge is 2.22. The SMILES string of the molecule is C=CC(CC)C(/C=C/OCCN(CC)CCOC)c1[nH]nc2ccc(C3=NCC=NN3)cc12. The number of aromatic amines is 1. The molecule has 2 unspecified atom stereocenters. The molecule has 0 aliphatic carbocycles. The molecule has 8 nitrogen and oxygen atoms in total. The number of nitrogens with one attached hydrogen (secondary N) is 2. The maximum absolute atomic E-state index is 5.87. The minimum Gasteiger partial charge on any atom is -0.500 e. The van der Waals surface area contributed by atoms with E-state index in [1.165, 1.54) is 0 Å². The number of hydrazone groups is 1. The molecule has 0 radical (unpaired) electrons. The lowest BCUT2D eigenvalue weighted by molar-refractivity contribution is 0.129. The van der Waals surface area contributed by atoms with Gasteiger partial charge in [-0.3, -0.25) is 20.4 Å². The summed E-state index contributed by atoms with van der Waals surface area (Å²) in [6, 6.07) is 6.15. The van der Waals surface area contributed by atoms with Crippen LogP contribution in [0.1, 0.15) is 37.4 Å². The molecule has 8 heteroatoms. The standard InChI is InChI=1S/C25H36N6O2/c1-5-19(6-2)21(10-15-33-17-14-31(7-3)13-16-32-4)24-22-18-20(8-9-23(22)28-29-24)25-26-11-12-27-30-25/h5,8-10,12,15,18-19,21H,1,6-7,11,13-14,16-17H2,2-4H3,(H,26,30)(H,28,29)/b15-10+. The molecular weight excluding hydrogens is 416 g/mol. The number of methoxy groups -OCH3 is 1. The Labute approximate surface area is 196 Å². The van der Waals surface area contributed by atoms with Crippen LogP contribution in [0.2, 0.25) is 0 Å². The van der Waals surface area contributed by atoms with Crippen molar-refractivity contribution in [2.24, 2.45) is 16.0 Å². The largest absolute Gasteiger partial charge is 0.500 e. The topological polar surface area (TPSA) is 87.1 Å². The first-order chi connectivity index (χ1) is 16.2. The molecule has 0 fully saturated rings. The highest BCUT2D eigenvalue weighted by Crippen LogP contribution is 2.33. The van der Waals surface area contributed by atoms with E-state index in [1.807, 2.05) is 24.5 Å². The Morgan fingerprint density at radius 2 is 2.09 bits per heavy atom. The lowest BCUT2D eigenvalue weighted by atomic mass is 9.86. The van der Waals surface area contributed by atoms with Crippen LogP contribution in [0, 0.1) is 5.92 Å². The number of fused-ring (bicyclic) bond motifs is 1. The number of benzene rings is 1. The van der Waals surface area contributed by atoms with Crippen molar-refractivity contribution >= 4 is 23.0 Å². The Hall–Kier alpha value is -2.97. The van der Waals surface area contributed by atoms with Gasteiger partial charge < -0.3 is 9.47 Å². The van der Waals surface area contributed by atoms with Crippen LogP contribution >= 0.6 is 0 Å². The molecule has 1 aliphatic rings. The summed E-state index contributed by atoms with van der Waals surface area (Å²) >= 11 is 0. The maximum Gasteiger partial charge on any atom is 0.149 e. The predicted molar refractivity (Wildman–Crippen MR) is 135 cm³/mol. The van der Waals surface area contributed by atoms with Gasteiger partial charge in [-0.1, -0.05) is 19.9 Å². The van der Waals surface area contributed by atoms with Gasteiger partial charge in [-0.15, -0.1) is 6.58 Å². The lowest BCUT2D eigenvalue weighted by Gasteiger charge is -2.21. The van der Waals surface area contributed by atoms with Crippen LogP contribution < -0.4 is 5.43 Å². The molecular formula is C25H36N6O2. The van der Waals surface area contributed by atoms with Crippen LogP contribution in [0.25, 0.3) is 10.9 Å². The number of allylic oxidation sites excluding steroid dienone is 2. The molecule has 33 heavy (non-hydrogen) atoms. The van der Waals surface area contributed by atoms with E-state index in [-0.39, 0.29) is 11.8 Å². The molecule has 1 aromatic carbocycles. The second-order valence-corrected chi connectivity index (χ2v) is 7.94. The molecule has 3 rings (SSSR count). The van der Waals surface area contributed by atoms with Crippen molar-refractivity contribution in [1.29, 1.82) is 0 Å². The highest BCUT2D eigenvalue weighted by molar-refractivity contribution is 6.03. The van der Waals surface area contributed by atoms with Gasteiger partial charge in [0.15, 0.2) is 0 Å². The monoisotopic (exact) mass is 452 g/mol. The van der Waals surface area contributed by atoms with Gasteiger partial charge >= 0.3 is 0 Å². The van der Waals surface area contributed by atoms with Crippen LogP contribution in [0.15, 0.2) is 53.3 Å². The van der Waals surface area contributed by atoms with E-state index in [0.29, 0.717) is 13.2 Å². The molecule has 0 spiro atoms. The van der Waals surface area contributed by atoms with E-state index in [1.54, 1.807) is 13.3 Å². The minimum atomic E-state index is 0.0720. The Balaban J connectivity index is 1.77. The number of hydrogen-bond donors (Lipinski definition) is 2. The third kappa shape index (κ3) is 6.52. The smallest absolute Gasteiger partial charge is 0.149 e. The molecule has 0 saturated carbocycles. The van der Waals surface area contributed by atoms with Crippen molar-refractivity contribution in [2.45, 2.75) is 26.2 Å². The lowest BCUT2D eigenvalue weighted by Crippen LogP contribution is -2.30. The van der Waals surface area contributed by atoms with Crippen molar-refractivity contribution in [2.75, 3.05) is 46.5 Å². The third-order valence-electron chi connectivity index (χ3n) is 5.98. The molecule has 2 atom stereocenters. The van der Waals surface area contributed by atoms with Crippen molar-refractivity contribution in [3.8, 4) is 0 Å². The zero-order valence-electron chi connectivity index (χ0n) is 20.0. The fraction of sp³-hybridized carbons (Fsp3) is 0.480. The Morgan fingerprint density at radius 3 is 2.79 bits per heavy atom. The van der Waals surface area contributed by atoms with Gasteiger partial charge in [0.2, 0.25) is 0 Å². The van der Waals surface area contributed by atoms with Gasteiger partial charge in [0, 0.05) is 43.3 Å². The van der Waals surface area contributed by atoms with Gasteiger partial charge in [-0.25, -0.2) is 0 Å². The average molecular weight is 453 g/mol. The van der Waals surface area contributed by atoms with E-state index in [4.69, 9.17) is 9.47 Å². The van der Waals surface area contributed by atoms with Crippen molar-refractivity contribution in [3.63, 3.8) is 0 Å². The summed E-state index contributed by atoms with van der Waals surface area (Å²) in [4.78, 5) is 6.82. The van der Waals surface area contributed by atoms with E-state index in [0.717, 1.165) is 60.7 Å². The summed E-state index contributed by atoms with van der Waals surface area (Å²) in [6.07, 6.45) is 8.65.